The second-order valence-corrected chi connectivity index (χ2v) is 5.78. The smallest absolute Gasteiger partial charge is 0.246 e. The molecule has 0 aliphatic rings. The molecule has 1 amide bonds. The first-order valence-electron chi connectivity index (χ1n) is 6.55. The summed E-state index contributed by atoms with van der Waals surface area (Å²) >= 11 is 1.48. The van der Waals surface area contributed by atoms with Crippen molar-refractivity contribution in [1.82, 2.24) is 10.4 Å². The van der Waals surface area contributed by atoms with E-state index in [1.807, 2.05) is 55.6 Å². The molecular weight excluding hydrogens is 284 g/mol. The Labute approximate surface area is 128 Å². The van der Waals surface area contributed by atoms with Crippen LogP contribution in [0, 0.1) is 6.92 Å². The second kappa shape index (κ2) is 6.99. The van der Waals surface area contributed by atoms with Gasteiger partial charge in [0.1, 0.15) is 5.01 Å². The van der Waals surface area contributed by atoms with Crippen molar-refractivity contribution in [3.05, 3.63) is 45.9 Å². The molecule has 2 aromatic rings. The Kier molecular flexibility index (Phi) is 5.05. The number of amides is 1. The van der Waals surface area contributed by atoms with Crippen molar-refractivity contribution in [2.24, 2.45) is 5.10 Å². The number of nitrogens with one attached hydrogen (secondary N) is 1. The number of hydrazone groups is 1. The number of carbonyl (C=O) groups is 1. The molecule has 2 rings (SSSR count). The van der Waals surface area contributed by atoms with Crippen molar-refractivity contribution in [1.29, 1.82) is 0 Å². The number of rotatable bonds is 5. The van der Waals surface area contributed by atoms with E-state index in [1.54, 1.807) is 6.21 Å². The SMILES string of the molecule is Cc1csc(CC(=O)N/N=C\c2ccc(N(C)C)cc2)n1. The van der Waals surface area contributed by atoms with Crippen LogP contribution >= 0.6 is 11.3 Å². The quantitative estimate of drug-likeness (QED) is 0.680. The Bertz CT molecular complexity index is 631. The van der Waals surface area contributed by atoms with E-state index in [-0.39, 0.29) is 12.3 Å². The molecule has 0 saturated heterocycles. The number of carbonyl (C=O) groups excluding carboxylic acids is 1. The van der Waals surface area contributed by atoms with Gasteiger partial charge in [0, 0.05) is 30.9 Å². The monoisotopic (exact) mass is 302 g/mol. The summed E-state index contributed by atoms with van der Waals surface area (Å²) in [5, 5.41) is 6.69. The fraction of sp³-hybridized carbons (Fsp3) is 0.267. The fourth-order valence-corrected chi connectivity index (χ4v) is 2.47. The standard InChI is InChI=1S/C15H18N4OS/c1-11-10-21-15(17-11)8-14(20)18-16-9-12-4-6-13(7-5-12)19(2)3/h4-7,9-10H,8H2,1-3H3,(H,18,20)/b16-9-. The molecule has 0 saturated carbocycles. The van der Waals surface area contributed by atoms with Gasteiger partial charge in [-0.2, -0.15) is 5.10 Å². The van der Waals surface area contributed by atoms with E-state index in [9.17, 15) is 4.79 Å². The molecule has 0 unspecified atom stereocenters. The first-order valence-corrected chi connectivity index (χ1v) is 7.43. The van der Waals surface area contributed by atoms with Crippen molar-refractivity contribution in [3.8, 4) is 0 Å². The molecule has 6 heteroatoms. The van der Waals surface area contributed by atoms with E-state index in [0.29, 0.717) is 0 Å². The van der Waals surface area contributed by atoms with Crippen LogP contribution in [0.5, 0.6) is 0 Å². The zero-order chi connectivity index (χ0) is 15.2. The van der Waals surface area contributed by atoms with Crippen molar-refractivity contribution in [2.45, 2.75) is 13.3 Å². The van der Waals surface area contributed by atoms with Crippen LogP contribution in [0.3, 0.4) is 0 Å². The number of nitrogens with zero attached hydrogens (tertiary/aromatic N) is 3. The summed E-state index contributed by atoms with van der Waals surface area (Å²) in [5.41, 5.74) is 5.51. The molecule has 0 fully saturated rings. The van der Waals surface area contributed by atoms with E-state index < -0.39 is 0 Å². The molecule has 1 aromatic heterocycles. The minimum atomic E-state index is -0.162. The average molecular weight is 302 g/mol. The van der Waals surface area contributed by atoms with E-state index in [0.717, 1.165) is 22.0 Å². The summed E-state index contributed by atoms with van der Waals surface area (Å²) in [6, 6.07) is 7.91. The molecule has 0 atom stereocenters. The van der Waals surface area contributed by atoms with Crippen LogP contribution in [0.25, 0.3) is 0 Å². The predicted octanol–water partition coefficient (Wildman–Crippen LogP) is 2.21. The zero-order valence-corrected chi connectivity index (χ0v) is 13.1. The largest absolute Gasteiger partial charge is 0.378 e. The van der Waals surface area contributed by atoms with Crippen LogP contribution in [0.4, 0.5) is 5.69 Å². The number of anilines is 1. The minimum absolute atomic E-state index is 0.162. The lowest BCUT2D eigenvalue weighted by molar-refractivity contribution is -0.120. The number of hydrogen-bond donors (Lipinski definition) is 1. The van der Waals surface area contributed by atoms with Gasteiger partial charge in [-0.25, -0.2) is 10.4 Å². The van der Waals surface area contributed by atoms with Crippen molar-refractivity contribution in [3.63, 3.8) is 0 Å². The summed E-state index contributed by atoms with van der Waals surface area (Å²) < 4.78 is 0. The normalized spacial score (nSPS) is 10.8. The van der Waals surface area contributed by atoms with Crippen LogP contribution in [-0.4, -0.2) is 31.2 Å². The van der Waals surface area contributed by atoms with E-state index in [2.05, 4.69) is 15.5 Å². The Balaban J connectivity index is 1.85. The third kappa shape index (κ3) is 4.68. The summed E-state index contributed by atoms with van der Waals surface area (Å²) in [7, 11) is 3.98. The van der Waals surface area contributed by atoms with Gasteiger partial charge >= 0.3 is 0 Å². The van der Waals surface area contributed by atoms with Gasteiger partial charge in [0.15, 0.2) is 0 Å². The summed E-state index contributed by atoms with van der Waals surface area (Å²) in [6.07, 6.45) is 1.89. The van der Waals surface area contributed by atoms with Gasteiger partial charge < -0.3 is 4.90 Å². The van der Waals surface area contributed by atoms with E-state index >= 15 is 0 Å². The lowest BCUT2D eigenvalue weighted by Gasteiger charge is -2.11. The highest BCUT2D eigenvalue weighted by Gasteiger charge is 2.05. The maximum absolute atomic E-state index is 11.7. The van der Waals surface area contributed by atoms with Crippen molar-refractivity contribution in [2.75, 3.05) is 19.0 Å². The van der Waals surface area contributed by atoms with Gasteiger partial charge in [-0.1, -0.05) is 12.1 Å². The summed E-state index contributed by atoms with van der Waals surface area (Å²) in [4.78, 5) is 18.0. The van der Waals surface area contributed by atoms with Crippen LogP contribution in [0.1, 0.15) is 16.3 Å². The molecule has 0 bridgehead atoms. The van der Waals surface area contributed by atoms with Crippen LogP contribution < -0.4 is 10.3 Å². The van der Waals surface area contributed by atoms with Gasteiger partial charge in [0.25, 0.3) is 0 Å². The average Bonchev–Trinajstić information content (AvgIpc) is 2.84. The minimum Gasteiger partial charge on any atom is -0.378 e. The molecule has 110 valence electrons. The summed E-state index contributed by atoms with van der Waals surface area (Å²) in [5.74, 6) is -0.162. The maximum atomic E-state index is 11.7. The van der Waals surface area contributed by atoms with Crippen LogP contribution in [-0.2, 0) is 11.2 Å². The third-order valence-corrected chi connectivity index (χ3v) is 3.76. The van der Waals surface area contributed by atoms with E-state index in [4.69, 9.17) is 0 Å². The van der Waals surface area contributed by atoms with Gasteiger partial charge in [0.05, 0.1) is 12.6 Å². The Hall–Kier alpha value is -2.21. The van der Waals surface area contributed by atoms with Gasteiger partial charge in [-0.05, 0) is 24.6 Å². The fourth-order valence-electron chi connectivity index (χ4n) is 1.70. The molecule has 1 aromatic carbocycles. The molecule has 0 aliphatic carbocycles. The lowest BCUT2D eigenvalue weighted by Crippen LogP contribution is -2.19. The molecular formula is C15H18N4OS. The second-order valence-electron chi connectivity index (χ2n) is 4.84. The Morgan fingerprint density at radius 3 is 2.67 bits per heavy atom. The molecule has 1 N–H and O–H groups in total. The number of benzene rings is 1. The first kappa shape index (κ1) is 15.2. The molecule has 0 aliphatic heterocycles. The topological polar surface area (TPSA) is 57.6 Å². The van der Waals surface area contributed by atoms with Crippen LogP contribution in [0.15, 0.2) is 34.7 Å². The summed E-state index contributed by atoms with van der Waals surface area (Å²) in [6.45, 7) is 1.91. The van der Waals surface area contributed by atoms with Gasteiger partial charge in [0.2, 0.25) is 5.91 Å². The molecule has 21 heavy (non-hydrogen) atoms. The highest BCUT2D eigenvalue weighted by atomic mass is 32.1. The predicted molar refractivity (Wildman–Crippen MR) is 87.1 cm³/mol. The Morgan fingerprint density at radius 2 is 2.10 bits per heavy atom. The highest BCUT2D eigenvalue weighted by molar-refractivity contribution is 7.09. The number of thiazole rings is 1. The van der Waals surface area contributed by atoms with E-state index in [1.165, 1.54) is 11.3 Å². The lowest BCUT2D eigenvalue weighted by atomic mass is 10.2. The maximum Gasteiger partial charge on any atom is 0.246 e. The zero-order valence-electron chi connectivity index (χ0n) is 12.3. The molecule has 0 radical (unpaired) electrons. The van der Waals surface area contributed by atoms with Crippen molar-refractivity contribution >= 4 is 29.1 Å². The molecule has 1 heterocycles. The number of aromatic nitrogens is 1. The van der Waals surface area contributed by atoms with Gasteiger partial charge in [-0.3, -0.25) is 4.79 Å². The first-order chi connectivity index (χ1) is 10.0. The number of hydrogen-bond acceptors (Lipinski definition) is 5. The van der Waals surface area contributed by atoms with Gasteiger partial charge in [-0.15, -0.1) is 11.3 Å². The molecule has 0 spiro atoms. The van der Waals surface area contributed by atoms with Crippen molar-refractivity contribution < 1.29 is 4.79 Å². The third-order valence-electron chi connectivity index (χ3n) is 2.79. The Morgan fingerprint density at radius 1 is 1.38 bits per heavy atom. The highest BCUT2D eigenvalue weighted by Crippen LogP contribution is 2.11. The van der Waals surface area contributed by atoms with Crippen LogP contribution in [0.2, 0.25) is 0 Å². The number of aryl methyl sites for hydroxylation is 1. The molecule has 5 nitrogen and oxygen atoms in total.